The molecule has 2 fully saturated rings. The average molecular weight is 317 g/mol. The van der Waals surface area contributed by atoms with Crippen molar-refractivity contribution in [1.29, 1.82) is 0 Å². The van der Waals surface area contributed by atoms with Crippen molar-refractivity contribution < 1.29 is 21.9 Å². The molecule has 1 aromatic rings. The Morgan fingerprint density at radius 2 is 1.95 bits per heavy atom. The largest absolute Gasteiger partial charge is 0.490 e. The molecular weight excluding hydrogens is 300 g/mol. The predicted octanol–water partition coefficient (Wildman–Crippen LogP) is 2.43. The zero-order valence-corrected chi connectivity index (χ0v) is 12.2. The lowest BCUT2D eigenvalue weighted by Crippen LogP contribution is -2.19. The molecular formula is C14H17F2NO3S. The van der Waals surface area contributed by atoms with Gasteiger partial charge in [0.25, 0.3) is 0 Å². The molecule has 7 heteroatoms. The van der Waals surface area contributed by atoms with Gasteiger partial charge >= 0.3 is 0 Å². The lowest BCUT2D eigenvalue weighted by atomic mass is 9.89. The summed E-state index contributed by atoms with van der Waals surface area (Å²) in [5.74, 6) is -1.30. The van der Waals surface area contributed by atoms with Gasteiger partial charge < -0.3 is 4.74 Å². The van der Waals surface area contributed by atoms with Crippen molar-refractivity contribution in [2.24, 2.45) is 22.9 Å². The van der Waals surface area contributed by atoms with E-state index in [4.69, 9.17) is 9.88 Å². The van der Waals surface area contributed by atoms with E-state index < -0.39 is 26.6 Å². The Morgan fingerprint density at radius 1 is 1.19 bits per heavy atom. The minimum Gasteiger partial charge on any atom is -0.490 e. The molecule has 2 N–H and O–H groups in total. The highest BCUT2D eigenvalue weighted by atomic mass is 32.2. The topological polar surface area (TPSA) is 69.4 Å². The molecule has 2 bridgehead atoms. The SMILES string of the molecule is NS(=O)(=O)c1ccc(OCC2CC3CCC2C3)c(F)c1F. The van der Waals surface area contributed by atoms with E-state index >= 15 is 0 Å². The first-order valence-corrected chi connectivity index (χ1v) is 8.54. The van der Waals surface area contributed by atoms with Crippen LogP contribution in [0.5, 0.6) is 5.75 Å². The number of hydrogen-bond acceptors (Lipinski definition) is 3. The van der Waals surface area contributed by atoms with Crippen LogP contribution in [-0.2, 0) is 10.0 Å². The Balaban J connectivity index is 1.73. The third-order valence-electron chi connectivity index (χ3n) is 4.66. The van der Waals surface area contributed by atoms with E-state index in [0.717, 1.165) is 24.5 Å². The molecule has 0 radical (unpaired) electrons. The van der Waals surface area contributed by atoms with Crippen LogP contribution in [0.25, 0.3) is 0 Å². The number of benzene rings is 1. The molecule has 3 atom stereocenters. The Bertz CT molecular complexity index is 662. The summed E-state index contributed by atoms with van der Waals surface area (Å²) >= 11 is 0. The van der Waals surface area contributed by atoms with Crippen molar-refractivity contribution in [2.45, 2.75) is 30.6 Å². The molecule has 3 unspecified atom stereocenters. The summed E-state index contributed by atoms with van der Waals surface area (Å²) in [7, 11) is -4.28. The van der Waals surface area contributed by atoms with Gasteiger partial charge in [-0.05, 0) is 49.1 Å². The van der Waals surface area contributed by atoms with Gasteiger partial charge in [-0.1, -0.05) is 6.42 Å². The maximum atomic E-state index is 13.8. The van der Waals surface area contributed by atoms with Gasteiger partial charge in [-0.2, -0.15) is 4.39 Å². The number of halogens is 2. The number of ether oxygens (including phenoxy) is 1. The second-order valence-corrected chi connectivity index (χ2v) is 7.51. The van der Waals surface area contributed by atoms with Crippen LogP contribution in [-0.4, -0.2) is 15.0 Å². The number of fused-ring (bicyclic) bond motifs is 2. The van der Waals surface area contributed by atoms with E-state index in [2.05, 4.69) is 0 Å². The summed E-state index contributed by atoms with van der Waals surface area (Å²) in [5, 5.41) is 4.82. The summed E-state index contributed by atoms with van der Waals surface area (Å²) in [6.45, 7) is 0.340. The maximum absolute atomic E-state index is 13.8. The Labute approximate surface area is 122 Å². The number of sulfonamides is 1. The van der Waals surface area contributed by atoms with Crippen LogP contribution in [0.15, 0.2) is 17.0 Å². The molecule has 1 aromatic carbocycles. The van der Waals surface area contributed by atoms with Crippen molar-refractivity contribution in [3.8, 4) is 5.75 Å². The van der Waals surface area contributed by atoms with Gasteiger partial charge in [0.1, 0.15) is 4.90 Å². The fraction of sp³-hybridized carbons (Fsp3) is 0.571. The number of nitrogens with two attached hydrogens (primary N) is 1. The summed E-state index contributed by atoms with van der Waals surface area (Å²) < 4.78 is 55.1. The fourth-order valence-electron chi connectivity index (χ4n) is 3.62. The summed E-state index contributed by atoms with van der Waals surface area (Å²) in [5.41, 5.74) is 0. The van der Waals surface area contributed by atoms with E-state index in [-0.39, 0.29) is 5.75 Å². The minimum atomic E-state index is -4.28. The molecule has 2 aliphatic rings. The van der Waals surface area contributed by atoms with Crippen LogP contribution in [0, 0.1) is 29.4 Å². The van der Waals surface area contributed by atoms with Crippen LogP contribution >= 0.6 is 0 Å². The number of hydrogen-bond donors (Lipinski definition) is 1. The van der Waals surface area contributed by atoms with Crippen molar-refractivity contribution in [1.82, 2.24) is 0 Å². The van der Waals surface area contributed by atoms with Crippen molar-refractivity contribution in [3.05, 3.63) is 23.8 Å². The molecule has 0 amide bonds. The van der Waals surface area contributed by atoms with Gasteiger partial charge in [0.2, 0.25) is 15.8 Å². The van der Waals surface area contributed by atoms with Crippen molar-refractivity contribution in [2.75, 3.05) is 6.61 Å². The zero-order chi connectivity index (χ0) is 15.2. The maximum Gasteiger partial charge on any atom is 0.241 e. The van der Waals surface area contributed by atoms with Crippen LogP contribution in [0.3, 0.4) is 0 Å². The molecule has 0 heterocycles. The average Bonchev–Trinajstić information content (AvgIpc) is 3.01. The van der Waals surface area contributed by atoms with Gasteiger partial charge in [-0.3, -0.25) is 0 Å². The molecule has 21 heavy (non-hydrogen) atoms. The van der Waals surface area contributed by atoms with E-state index in [1.165, 1.54) is 19.3 Å². The van der Waals surface area contributed by atoms with E-state index in [1.54, 1.807) is 0 Å². The summed E-state index contributed by atoms with van der Waals surface area (Å²) in [4.78, 5) is -0.854. The Hall–Kier alpha value is -1.21. The van der Waals surface area contributed by atoms with Crippen molar-refractivity contribution in [3.63, 3.8) is 0 Å². The molecule has 0 saturated heterocycles. The molecule has 0 aliphatic heterocycles. The van der Waals surface area contributed by atoms with Crippen LogP contribution < -0.4 is 9.88 Å². The monoisotopic (exact) mass is 317 g/mol. The third kappa shape index (κ3) is 2.76. The quantitative estimate of drug-likeness (QED) is 0.927. The van der Waals surface area contributed by atoms with Gasteiger partial charge in [0, 0.05) is 0 Å². The molecule has 116 valence electrons. The van der Waals surface area contributed by atoms with Crippen LogP contribution in [0.2, 0.25) is 0 Å². The molecule has 0 aromatic heterocycles. The van der Waals surface area contributed by atoms with Crippen LogP contribution in [0.4, 0.5) is 8.78 Å². The predicted molar refractivity (Wildman–Crippen MR) is 72.2 cm³/mol. The molecule has 0 spiro atoms. The third-order valence-corrected chi connectivity index (χ3v) is 5.58. The molecule has 2 saturated carbocycles. The number of primary sulfonamides is 1. The lowest BCUT2D eigenvalue weighted by molar-refractivity contribution is 0.187. The summed E-state index contributed by atoms with van der Waals surface area (Å²) in [6.07, 6.45) is 4.71. The van der Waals surface area contributed by atoms with Gasteiger partial charge in [-0.15, -0.1) is 0 Å². The summed E-state index contributed by atoms with van der Waals surface area (Å²) in [6, 6.07) is 2.05. The van der Waals surface area contributed by atoms with Crippen LogP contribution in [0.1, 0.15) is 25.7 Å². The lowest BCUT2D eigenvalue weighted by Gasteiger charge is -2.22. The first-order valence-electron chi connectivity index (χ1n) is 7.00. The van der Waals surface area contributed by atoms with Gasteiger partial charge in [0.15, 0.2) is 11.6 Å². The van der Waals surface area contributed by atoms with E-state index in [9.17, 15) is 17.2 Å². The first-order chi connectivity index (χ1) is 9.86. The Morgan fingerprint density at radius 3 is 2.52 bits per heavy atom. The smallest absolute Gasteiger partial charge is 0.241 e. The highest BCUT2D eigenvalue weighted by Crippen LogP contribution is 2.48. The molecule has 2 aliphatic carbocycles. The second-order valence-electron chi connectivity index (χ2n) is 5.98. The second kappa shape index (κ2) is 5.21. The fourth-order valence-corrected chi connectivity index (χ4v) is 4.22. The first kappa shape index (κ1) is 14.7. The molecule has 3 rings (SSSR count). The number of rotatable bonds is 4. The van der Waals surface area contributed by atoms with E-state index in [0.29, 0.717) is 18.4 Å². The van der Waals surface area contributed by atoms with Gasteiger partial charge in [-0.25, -0.2) is 17.9 Å². The van der Waals surface area contributed by atoms with Gasteiger partial charge in [0.05, 0.1) is 6.61 Å². The van der Waals surface area contributed by atoms with Crippen molar-refractivity contribution >= 4 is 10.0 Å². The zero-order valence-electron chi connectivity index (χ0n) is 11.4. The molecule has 4 nitrogen and oxygen atoms in total. The Kier molecular flexibility index (Phi) is 3.65. The normalized spacial score (nSPS) is 28.0. The highest BCUT2D eigenvalue weighted by Gasteiger charge is 2.39. The standard InChI is InChI=1S/C14H17F2NO3S/c15-13-11(3-4-12(14(13)16)21(17,18)19)20-7-10-6-8-1-2-9(10)5-8/h3-4,8-10H,1-2,5-7H2,(H2,17,18,19). The highest BCUT2D eigenvalue weighted by molar-refractivity contribution is 7.89. The van der Waals surface area contributed by atoms with E-state index in [1.807, 2.05) is 0 Å². The minimum absolute atomic E-state index is 0.261.